The number of thioether (sulfide) groups is 1. The highest BCUT2D eigenvalue weighted by Gasteiger charge is 2.38. The summed E-state index contributed by atoms with van der Waals surface area (Å²) in [6.45, 7) is 10.6. The van der Waals surface area contributed by atoms with Gasteiger partial charge in [0.2, 0.25) is 11.8 Å². The molecule has 0 radical (unpaired) electrons. The molecular formula is C20H29N3O2S. The summed E-state index contributed by atoms with van der Waals surface area (Å²) in [5, 5.41) is 5.90. The van der Waals surface area contributed by atoms with Crippen molar-refractivity contribution in [3.8, 4) is 0 Å². The summed E-state index contributed by atoms with van der Waals surface area (Å²) in [7, 11) is 0. The molecule has 2 aliphatic rings. The molecule has 26 heavy (non-hydrogen) atoms. The third-order valence-electron chi connectivity index (χ3n) is 5.46. The Hall–Kier alpha value is -1.53. The highest BCUT2D eigenvalue weighted by molar-refractivity contribution is 8.01. The van der Waals surface area contributed by atoms with Crippen LogP contribution >= 0.6 is 11.8 Å². The molecule has 0 aromatic heterocycles. The van der Waals surface area contributed by atoms with Gasteiger partial charge in [-0.25, -0.2) is 0 Å². The van der Waals surface area contributed by atoms with E-state index >= 15 is 0 Å². The summed E-state index contributed by atoms with van der Waals surface area (Å²) in [4.78, 5) is 27.0. The first-order chi connectivity index (χ1) is 12.2. The van der Waals surface area contributed by atoms with E-state index in [2.05, 4.69) is 53.6 Å². The van der Waals surface area contributed by atoms with Crippen LogP contribution < -0.4 is 10.6 Å². The minimum atomic E-state index is -0.461. The van der Waals surface area contributed by atoms with Crippen LogP contribution in [0.4, 0.5) is 0 Å². The number of nitrogens with zero attached hydrogens (tertiary/aromatic N) is 1. The topological polar surface area (TPSA) is 61.4 Å². The maximum absolute atomic E-state index is 12.5. The Bertz CT molecular complexity index is 702. The average Bonchev–Trinajstić information content (AvgIpc) is 2.61. The normalized spacial score (nSPS) is 23.1. The number of carbonyl (C=O) groups is 2. The van der Waals surface area contributed by atoms with E-state index in [0.29, 0.717) is 12.3 Å². The van der Waals surface area contributed by atoms with E-state index in [0.717, 1.165) is 19.5 Å². The van der Waals surface area contributed by atoms with Gasteiger partial charge in [-0.2, -0.15) is 0 Å². The lowest BCUT2D eigenvalue weighted by atomic mass is 9.94. The van der Waals surface area contributed by atoms with Crippen LogP contribution in [-0.2, 0) is 22.6 Å². The summed E-state index contributed by atoms with van der Waals surface area (Å²) in [6.07, 6.45) is 1.04. The Labute approximate surface area is 160 Å². The van der Waals surface area contributed by atoms with Crippen molar-refractivity contribution in [2.45, 2.75) is 57.0 Å². The molecule has 1 atom stereocenters. The van der Waals surface area contributed by atoms with E-state index in [1.54, 1.807) is 0 Å². The third-order valence-corrected chi connectivity index (χ3v) is 6.87. The highest BCUT2D eigenvalue weighted by Crippen LogP contribution is 2.29. The second-order valence-electron chi connectivity index (χ2n) is 8.32. The van der Waals surface area contributed by atoms with Gasteiger partial charge in [-0.05, 0) is 45.2 Å². The fraction of sp³-hybridized carbons (Fsp3) is 0.600. The van der Waals surface area contributed by atoms with Gasteiger partial charge < -0.3 is 10.6 Å². The van der Waals surface area contributed by atoms with Crippen LogP contribution in [-0.4, -0.2) is 51.9 Å². The highest BCUT2D eigenvalue weighted by atomic mass is 32.2. The maximum atomic E-state index is 12.5. The van der Waals surface area contributed by atoms with Crippen molar-refractivity contribution >= 4 is 23.6 Å². The van der Waals surface area contributed by atoms with E-state index in [1.165, 1.54) is 22.9 Å². The van der Waals surface area contributed by atoms with Crippen molar-refractivity contribution in [2.75, 3.05) is 18.8 Å². The first kappa shape index (κ1) is 19.2. The fourth-order valence-corrected chi connectivity index (χ4v) is 4.43. The summed E-state index contributed by atoms with van der Waals surface area (Å²) in [5.41, 5.74) is 2.65. The molecule has 0 spiro atoms. The van der Waals surface area contributed by atoms with E-state index in [-0.39, 0.29) is 17.4 Å². The summed E-state index contributed by atoms with van der Waals surface area (Å²) >= 11 is 1.54. The molecule has 1 saturated heterocycles. The molecule has 2 N–H and O–H groups in total. The molecule has 0 saturated carbocycles. The Morgan fingerprint density at radius 1 is 1.35 bits per heavy atom. The molecule has 142 valence electrons. The predicted octanol–water partition coefficient (Wildman–Crippen LogP) is 1.95. The van der Waals surface area contributed by atoms with Gasteiger partial charge in [0.15, 0.2) is 0 Å². The van der Waals surface area contributed by atoms with E-state index in [1.807, 2.05) is 13.8 Å². The van der Waals surface area contributed by atoms with Gasteiger partial charge in [0.25, 0.3) is 0 Å². The van der Waals surface area contributed by atoms with Crippen LogP contribution in [0, 0.1) is 0 Å². The Morgan fingerprint density at radius 3 is 2.73 bits per heavy atom. The number of rotatable bonds is 4. The quantitative estimate of drug-likeness (QED) is 0.844. The van der Waals surface area contributed by atoms with Crippen molar-refractivity contribution in [3.63, 3.8) is 0 Å². The molecule has 0 aliphatic carbocycles. The molecule has 6 heteroatoms. The first-order valence-corrected chi connectivity index (χ1v) is 10.2. The summed E-state index contributed by atoms with van der Waals surface area (Å²) < 4.78 is -0.461. The molecule has 1 unspecified atom stereocenters. The monoisotopic (exact) mass is 375 g/mol. The van der Waals surface area contributed by atoms with Crippen molar-refractivity contribution in [1.82, 2.24) is 15.5 Å². The number of hydrogen-bond acceptors (Lipinski definition) is 4. The number of benzene rings is 1. The minimum Gasteiger partial charge on any atom is -0.352 e. The Balaban J connectivity index is 1.55. The molecule has 1 aromatic carbocycles. The lowest BCUT2D eigenvalue weighted by Crippen LogP contribution is -2.59. The SMILES string of the molecule is CC1(C)SCC(C(=O)NCC(C)(C)N2CCc3ccccc3C2)NC1=O. The van der Waals surface area contributed by atoms with Gasteiger partial charge in [0, 0.05) is 30.9 Å². The molecule has 2 amide bonds. The van der Waals surface area contributed by atoms with E-state index < -0.39 is 10.8 Å². The van der Waals surface area contributed by atoms with Gasteiger partial charge in [-0.3, -0.25) is 14.5 Å². The van der Waals surface area contributed by atoms with E-state index in [4.69, 9.17) is 0 Å². The molecule has 1 fully saturated rings. The third kappa shape index (κ3) is 4.07. The summed E-state index contributed by atoms with van der Waals surface area (Å²) in [6, 6.07) is 8.12. The molecule has 0 bridgehead atoms. The fourth-order valence-electron chi connectivity index (χ4n) is 3.42. The van der Waals surface area contributed by atoms with Gasteiger partial charge in [0.05, 0.1) is 4.75 Å². The smallest absolute Gasteiger partial charge is 0.243 e. The Kier molecular flexibility index (Phi) is 5.35. The number of carbonyl (C=O) groups excluding carboxylic acids is 2. The zero-order chi connectivity index (χ0) is 18.9. The Morgan fingerprint density at radius 2 is 2.04 bits per heavy atom. The number of hydrogen-bond donors (Lipinski definition) is 2. The molecule has 5 nitrogen and oxygen atoms in total. The van der Waals surface area contributed by atoms with Crippen molar-refractivity contribution in [2.24, 2.45) is 0 Å². The van der Waals surface area contributed by atoms with Crippen LogP contribution in [0.5, 0.6) is 0 Å². The predicted molar refractivity (Wildman–Crippen MR) is 106 cm³/mol. The molecule has 2 heterocycles. The largest absolute Gasteiger partial charge is 0.352 e. The standard InChI is InChI=1S/C20H29N3O2S/c1-19(2,23-10-9-14-7-5-6-8-15(14)11-23)13-21-17(24)16-12-26-20(3,4)18(25)22-16/h5-8,16H,9-13H2,1-4H3,(H,21,24)(H,22,25). The maximum Gasteiger partial charge on any atom is 0.243 e. The molecule has 1 aromatic rings. The zero-order valence-electron chi connectivity index (χ0n) is 16.1. The first-order valence-electron chi connectivity index (χ1n) is 9.23. The second-order valence-corrected chi connectivity index (χ2v) is 9.96. The number of nitrogens with one attached hydrogen (secondary N) is 2. The average molecular weight is 376 g/mol. The molecule has 3 rings (SSSR count). The van der Waals surface area contributed by atoms with Crippen molar-refractivity contribution in [1.29, 1.82) is 0 Å². The van der Waals surface area contributed by atoms with Crippen molar-refractivity contribution < 1.29 is 9.59 Å². The van der Waals surface area contributed by atoms with Crippen LogP contribution in [0.2, 0.25) is 0 Å². The van der Waals surface area contributed by atoms with Gasteiger partial charge in [-0.1, -0.05) is 24.3 Å². The van der Waals surface area contributed by atoms with Crippen molar-refractivity contribution in [3.05, 3.63) is 35.4 Å². The number of fused-ring (bicyclic) bond motifs is 1. The second kappa shape index (κ2) is 7.24. The zero-order valence-corrected chi connectivity index (χ0v) is 16.9. The van der Waals surface area contributed by atoms with Gasteiger partial charge in [-0.15, -0.1) is 11.8 Å². The lowest BCUT2D eigenvalue weighted by molar-refractivity contribution is -0.130. The van der Waals surface area contributed by atoms with Crippen LogP contribution in [0.15, 0.2) is 24.3 Å². The minimum absolute atomic E-state index is 0.0687. The van der Waals surface area contributed by atoms with Crippen LogP contribution in [0.1, 0.15) is 38.8 Å². The lowest BCUT2D eigenvalue weighted by Gasteiger charge is -2.42. The summed E-state index contributed by atoms with van der Waals surface area (Å²) in [5.74, 6) is 0.454. The molecular weight excluding hydrogens is 346 g/mol. The van der Waals surface area contributed by atoms with Gasteiger partial charge in [0.1, 0.15) is 6.04 Å². The number of amides is 2. The van der Waals surface area contributed by atoms with Crippen LogP contribution in [0.3, 0.4) is 0 Å². The van der Waals surface area contributed by atoms with E-state index in [9.17, 15) is 9.59 Å². The van der Waals surface area contributed by atoms with Crippen LogP contribution in [0.25, 0.3) is 0 Å². The van der Waals surface area contributed by atoms with Gasteiger partial charge >= 0.3 is 0 Å². The molecule has 2 aliphatic heterocycles.